The number of carbonyl (C=O) groups is 1. The van der Waals surface area contributed by atoms with E-state index in [1.165, 1.54) is 11.1 Å². The maximum Gasteiger partial charge on any atom is 0.318 e. The van der Waals surface area contributed by atoms with Crippen molar-refractivity contribution in [3.05, 3.63) is 70.8 Å². The Bertz CT molecular complexity index is 744. The van der Waals surface area contributed by atoms with Crippen LogP contribution in [0.1, 0.15) is 47.7 Å². The van der Waals surface area contributed by atoms with Crippen LogP contribution in [0.25, 0.3) is 0 Å². The molecule has 0 saturated heterocycles. The molecule has 4 heteroatoms. The predicted molar refractivity (Wildman–Crippen MR) is 99.4 cm³/mol. The number of aliphatic hydroxyl groups excluding tert-OH is 1. The molecule has 2 N–H and O–H groups in total. The van der Waals surface area contributed by atoms with Crippen LogP contribution in [0, 0.1) is 6.92 Å². The Kier molecular flexibility index (Phi) is 5.39. The van der Waals surface area contributed by atoms with Gasteiger partial charge in [0.25, 0.3) is 0 Å². The van der Waals surface area contributed by atoms with Crippen molar-refractivity contribution < 1.29 is 9.90 Å². The second-order valence-corrected chi connectivity index (χ2v) is 6.70. The molecule has 4 nitrogen and oxygen atoms in total. The predicted octanol–water partition coefficient (Wildman–Crippen LogP) is 3.75. The first-order valence-electron chi connectivity index (χ1n) is 8.93. The number of benzene rings is 2. The van der Waals surface area contributed by atoms with Gasteiger partial charge in [-0.2, -0.15) is 0 Å². The number of rotatable bonds is 5. The average molecular weight is 338 g/mol. The van der Waals surface area contributed by atoms with Crippen LogP contribution in [0.4, 0.5) is 4.79 Å². The Morgan fingerprint density at radius 3 is 2.72 bits per heavy atom. The average Bonchev–Trinajstić information content (AvgIpc) is 3.03. The van der Waals surface area contributed by atoms with E-state index in [-0.39, 0.29) is 24.7 Å². The summed E-state index contributed by atoms with van der Waals surface area (Å²) in [7, 11) is 0. The molecule has 2 atom stereocenters. The van der Waals surface area contributed by atoms with Crippen molar-refractivity contribution in [2.45, 2.75) is 38.8 Å². The fourth-order valence-electron chi connectivity index (χ4n) is 3.78. The third-order valence-corrected chi connectivity index (χ3v) is 5.07. The molecule has 0 spiro atoms. The molecule has 2 aromatic carbocycles. The molecule has 0 heterocycles. The Morgan fingerprint density at radius 1 is 1.24 bits per heavy atom. The third-order valence-electron chi connectivity index (χ3n) is 5.07. The molecule has 2 amide bonds. The van der Waals surface area contributed by atoms with Crippen LogP contribution >= 0.6 is 0 Å². The van der Waals surface area contributed by atoms with E-state index in [2.05, 4.69) is 30.4 Å². The van der Waals surface area contributed by atoms with Crippen LogP contribution in [0.3, 0.4) is 0 Å². The maximum atomic E-state index is 12.9. The van der Waals surface area contributed by atoms with Gasteiger partial charge in [0, 0.05) is 6.54 Å². The zero-order chi connectivity index (χ0) is 17.8. The van der Waals surface area contributed by atoms with E-state index < -0.39 is 0 Å². The van der Waals surface area contributed by atoms with Gasteiger partial charge in [-0.05, 0) is 48.9 Å². The van der Waals surface area contributed by atoms with Crippen LogP contribution in [0.2, 0.25) is 0 Å². The van der Waals surface area contributed by atoms with Crippen LogP contribution in [0.5, 0.6) is 0 Å². The summed E-state index contributed by atoms with van der Waals surface area (Å²) in [6.07, 6.45) is 1.88. The van der Waals surface area contributed by atoms with Gasteiger partial charge in [-0.25, -0.2) is 4.79 Å². The van der Waals surface area contributed by atoms with Gasteiger partial charge in [0.15, 0.2) is 0 Å². The largest absolute Gasteiger partial charge is 0.395 e. The lowest BCUT2D eigenvalue weighted by Gasteiger charge is -2.31. The molecular weight excluding hydrogens is 312 g/mol. The number of amides is 2. The Morgan fingerprint density at radius 2 is 1.96 bits per heavy atom. The molecule has 2 unspecified atom stereocenters. The molecule has 1 aliphatic rings. The zero-order valence-electron chi connectivity index (χ0n) is 14.9. The first-order valence-corrected chi connectivity index (χ1v) is 8.93. The van der Waals surface area contributed by atoms with Gasteiger partial charge in [0.05, 0.1) is 18.7 Å². The number of nitrogens with zero attached hydrogens (tertiary/aromatic N) is 1. The molecule has 0 aliphatic heterocycles. The summed E-state index contributed by atoms with van der Waals surface area (Å²) in [6, 6.07) is 16.2. The van der Waals surface area contributed by atoms with Gasteiger partial charge in [0.1, 0.15) is 0 Å². The van der Waals surface area contributed by atoms with E-state index in [1.54, 1.807) is 4.90 Å². The number of nitrogens with one attached hydrogen (secondary N) is 1. The van der Waals surface area contributed by atoms with E-state index in [4.69, 9.17) is 0 Å². The van der Waals surface area contributed by atoms with Crippen LogP contribution in [0.15, 0.2) is 48.5 Å². The Hall–Kier alpha value is -2.33. The molecule has 0 fully saturated rings. The number of urea groups is 1. The Labute approximate surface area is 149 Å². The molecule has 2 aromatic rings. The fourth-order valence-corrected chi connectivity index (χ4v) is 3.78. The van der Waals surface area contributed by atoms with E-state index in [9.17, 15) is 9.90 Å². The van der Waals surface area contributed by atoms with E-state index in [1.807, 2.05) is 37.3 Å². The second kappa shape index (κ2) is 7.70. The SMILES string of the molecule is Cc1ccccc1C(C)NC(=O)N(CCO)C1CCc2ccccc21. The van der Waals surface area contributed by atoms with Gasteiger partial charge < -0.3 is 15.3 Å². The quantitative estimate of drug-likeness (QED) is 0.872. The van der Waals surface area contributed by atoms with Gasteiger partial charge in [-0.3, -0.25) is 0 Å². The number of carbonyl (C=O) groups excluding carboxylic acids is 1. The first-order chi connectivity index (χ1) is 12.1. The summed E-state index contributed by atoms with van der Waals surface area (Å²) in [5, 5.41) is 12.6. The van der Waals surface area contributed by atoms with E-state index >= 15 is 0 Å². The summed E-state index contributed by atoms with van der Waals surface area (Å²) < 4.78 is 0. The van der Waals surface area contributed by atoms with Crippen LogP contribution in [-0.2, 0) is 6.42 Å². The molecule has 1 aliphatic carbocycles. The normalized spacial score (nSPS) is 17.0. The highest BCUT2D eigenvalue weighted by Gasteiger charge is 2.31. The zero-order valence-corrected chi connectivity index (χ0v) is 14.9. The highest BCUT2D eigenvalue weighted by molar-refractivity contribution is 5.75. The number of hydrogen-bond donors (Lipinski definition) is 2. The molecule has 0 bridgehead atoms. The highest BCUT2D eigenvalue weighted by atomic mass is 16.3. The van der Waals surface area contributed by atoms with Crippen molar-refractivity contribution >= 4 is 6.03 Å². The van der Waals surface area contributed by atoms with Crippen molar-refractivity contribution in [1.82, 2.24) is 10.2 Å². The third kappa shape index (κ3) is 3.69. The number of fused-ring (bicyclic) bond motifs is 1. The second-order valence-electron chi connectivity index (χ2n) is 6.70. The molecule has 25 heavy (non-hydrogen) atoms. The molecule has 0 saturated carbocycles. The smallest absolute Gasteiger partial charge is 0.318 e. The van der Waals surface area contributed by atoms with Gasteiger partial charge in [-0.1, -0.05) is 48.5 Å². The molecule has 132 valence electrons. The summed E-state index contributed by atoms with van der Waals surface area (Å²) in [5.41, 5.74) is 4.78. The molecular formula is C21H26N2O2. The number of hydrogen-bond acceptors (Lipinski definition) is 2. The van der Waals surface area contributed by atoms with Crippen molar-refractivity contribution in [2.24, 2.45) is 0 Å². The lowest BCUT2D eigenvalue weighted by Crippen LogP contribution is -2.44. The highest BCUT2D eigenvalue weighted by Crippen LogP contribution is 2.35. The first kappa shape index (κ1) is 17.5. The minimum absolute atomic E-state index is 0.0346. The maximum absolute atomic E-state index is 12.9. The van der Waals surface area contributed by atoms with Crippen molar-refractivity contribution in [3.63, 3.8) is 0 Å². The van der Waals surface area contributed by atoms with Crippen molar-refractivity contribution in [3.8, 4) is 0 Å². The minimum atomic E-state index is -0.119. The van der Waals surface area contributed by atoms with Crippen LogP contribution in [-0.4, -0.2) is 29.2 Å². The van der Waals surface area contributed by atoms with Crippen LogP contribution < -0.4 is 5.32 Å². The van der Waals surface area contributed by atoms with Crippen molar-refractivity contribution in [1.29, 1.82) is 0 Å². The lowest BCUT2D eigenvalue weighted by atomic mass is 10.0. The lowest BCUT2D eigenvalue weighted by molar-refractivity contribution is 0.149. The van der Waals surface area contributed by atoms with Gasteiger partial charge >= 0.3 is 6.03 Å². The standard InChI is InChI=1S/C21H26N2O2/c1-15-7-3-5-9-18(15)16(2)22-21(25)23(13-14-24)20-12-11-17-8-4-6-10-19(17)20/h3-10,16,20,24H,11-14H2,1-2H3,(H,22,25). The molecule has 0 radical (unpaired) electrons. The minimum Gasteiger partial charge on any atom is -0.395 e. The molecule has 0 aromatic heterocycles. The number of aryl methyl sites for hydroxylation is 2. The number of aliphatic hydroxyl groups is 1. The van der Waals surface area contributed by atoms with E-state index in [0.29, 0.717) is 6.54 Å². The monoisotopic (exact) mass is 338 g/mol. The summed E-state index contributed by atoms with van der Waals surface area (Å²) in [5.74, 6) is 0. The Balaban J connectivity index is 1.77. The summed E-state index contributed by atoms with van der Waals surface area (Å²) in [4.78, 5) is 14.7. The molecule has 3 rings (SSSR count). The summed E-state index contributed by atoms with van der Waals surface area (Å²) in [6.45, 7) is 4.35. The fraction of sp³-hybridized carbons (Fsp3) is 0.381. The van der Waals surface area contributed by atoms with Gasteiger partial charge in [0.2, 0.25) is 0 Å². The summed E-state index contributed by atoms with van der Waals surface area (Å²) >= 11 is 0. The van der Waals surface area contributed by atoms with Crippen molar-refractivity contribution in [2.75, 3.05) is 13.2 Å². The van der Waals surface area contributed by atoms with Gasteiger partial charge in [-0.15, -0.1) is 0 Å². The van der Waals surface area contributed by atoms with E-state index in [0.717, 1.165) is 24.0 Å². The topological polar surface area (TPSA) is 52.6 Å².